The number of fused-ring (bicyclic) bond motifs is 1. The highest BCUT2D eigenvalue weighted by atomic mass is 35.5. The Kier molecular flexibility index (Phi) is 3.45. The van der Waals surface area contributed by atoms with E-state index in [4.69, 9.17) is 11.6 Å². The predicted molar refractivity (Wildman–Crippen MR) is 83.6 cm³/mol. The summed E-state index contributed by atoms with van der Waals surface area (Å²) in [6, 6.07) is 4.01. The van der Waals surface area contributed by atoms with E-state index in [9.17, 15) is 0 Å². The lowest BCUT2D eigenvalue weighted by Crippen LogP contribution is -2.11. The average Bonchev–Trinajstić information content (AvgIpc) is 2.92. The summed E-state index contributed by atoms with van der Waals surface area (Å²) >= 11 is 6.31. The van der Waals surface area contributed by atoms with Crippen LogP contribution in [0.1, 0.15) is 35.1 Å². The highest BCUT2D eigenvalue weighted by molar-refractivity contribution is 6.20. The van der Waals surface area contributed by atoms with Crippen molar-refractivity contribution in [2.24, 2.45) is 7.05 Å². The van der Waals surface area contributed by atoms with Crippen molar-refractivity contribution in [3.8, 4) is 0 Å². The van der Waals surface area contributed by atoms with Crippen LogP contribution in [0.3, 0.4) is 0 Å². The van der Waals surface area contributed by atoms with Crippen molar-refractivity contribution in [2.75, 3.05) is 0 Å². The van der Waals surface area contributed by atoms with Crippen LogP contribution in [-0.2, 0) is 13.6 Å². The van der Waals surface area contributed by atoms with Crippen molar-refractivity contribution in [3.05, 3.63) is 41.1 Å². The van der Waals surface area contributed by atoms with Gasteiger partial charge in [-0.05, 0) is 32.4 Å². The number of alkyl halides is 1. The quantitative estimate of drug-likeness (QED) is 0.698. The van der Waals surface area contributed by atoms with Crippen molar-refractivity contribution < 1.29 is 0 Å². The molecule has 110 valence electrons. The van der Waals surface area contributed by atoms with Gasteiger partial charge in [-0.15, -0.1) is 11.6 Å². The summed E-state index contributed by atoms with van der Waals surface area (Å²) in [5, 5.41) is 4.28. The molecule has 0 bridgehead atoms. The van der Waals surface area contributed by atoms with Gasteiger partial charge in [0, 0.05) is 13.2 Å². The van der Waals surface area contributed by atoms with Crippen LogP contribution in [-0.4, -0.2) is 24.3 Å². The molecule has 6 heteroatoms. The second-order valence-electron chi connectivity index (χ2n) is 5.32. The van der Waals surface area contributed by atoms with Gasteiger partial charge in [0.15, 0.2) is 5.65 Å². The van der Waals surface area contributed by atoms with Crippen LogP contribution < -0.4 is 0 Å². The third kappa shape index (κ3) is 2.31. The van der Waals surface area contributed by atoms with Crippen LogP contribution in [0.2, 0.25) is 0 Å². The standard InChI is InChI=1S/C15H18ClN5/c1-9-6-5-7-17-12(9)8-21-14(10(2)16)18-13-11(3)19-20(4)15(13)21/h5-7,10H,8H2,1-4H3. The van der Waals surface area contributed by atoms with Gasteiger partial charge < -0.3 is 4.57 Å². The third-order valence-corrected chi connectivity index (χ3v) is 3.90. The molecule has 0 fully saturated rings. The molecular formula is C15H18ClN5. The number of aromatic nitrogens is 5. The summed E-state index contributed by atoms with van der Waals surface area (Å²) in [6.45, 7) is 6.62. The van der Waals surface area contributed by atoms with Crippen molar-refractivity contribution in [1.29, 1.82) is 0 Å². The lowest BCUT2D eigenvalue weighted by atomic mass is 10.2. The lowest BCUT2D eigenvalue weighted by molar-refractivity contribution is 0.676. The molecule has 0 aliphatic carbocycles. The Labute approximate surface area is 128 Å². The summed E-state index contributed by atoms with van der Waals surface area (Å²) in [7, 11) is 1.93. The van der Waals surface area contributed by atoms with E-state index in [1.54, 1.807) is 0 Å². The lowest BCUT2D eigenvalue weighted by Gasteiger charge is -2.12. The van der Waals surface area contributed by atoms with Gasteiger partial charge in [0.25, 0.3) is 0 Å². The molecule has 3 aromatic heterocycles. The maximum Gasteiger partial charge on any atom is 0.159 e. The van der Waals surface area contributed by atoms with E-state index in [0.29, 0.717) is 6.54 Å². The molecular weight excluding hydrogens is 286 g/mol. The van der Waals surface area contributed by atoms with Gasteiger partial charge in [-0.2, -0.15) is 5.10 Å². The van der Waals surface area contributed by atoms with Crippen LogP contribution >= 0.6 is 11.6 Å². The van der Waals surface area contributed by atoms with Crippen LogP contribution in [0.4, 0.5) is 0 Å². The molecule has 1 atom stereocenters. The first kappa shape index (κ1) is 14.1. The predicted octanol–water partition coefficient (Wildman–Crippen LogP) is 3.13. The molecule has 5 nitrogen and oxygen atoms in total. The van der Waals surface area contributed by atoms with E-state index in [0.717, 1.165) is 33.9 Å². The fraction of sp³-hybridized carbons (Fsp3) is 0.400. The van der Waals surface area contributed by atoms with E-state index in [-0.39, 0.29) is 5.38 Å². The number of pyridine rings is 1. The van der Waals surface area contributed by atoms with E-state index in [1.807, 2.05) is 37.8 Å². The highest BCUT2D eigenvalue weighted by Crippen LogP contribution is 2.27. The zero-order valence-electron chi connectivity index (χ0n) is 12.6. The molecule has 0 aliphatic rings. The van der Waals surface area contributed by atoms with Crippen LogP contribution in [0.15, 0.2) is 18.3 Å². The van der Waals surface area contributed by atoms with Gasteiger partial charge in [0.1, 0.15) is 11.3 Å². The highest BCUT2D eigenvalue weighted by Gasteiger charge is 2.20. The number of aryl methyl sites for hydroxylation is 3. The third-order valence-electron chi connectivity index (χ3n) is 3.70. The van der Waals surface area contributed by atoms with Crippen molar-refractivity contribution in [1.82, 2.24) is 24.3 Å². The molecule has 0 amide bonds. The molecule has 0 aliphatic heterocycles. The fourth-order valence-electron chi connectivity index (χ4n) is 2.64. The molecule has 3 heterocycles. The molecule has 1 unspecified atom stereocenters. The SMILES string of the molecule is Cc1cccnc1Cn1c(C(C)Cl)nc2c(C)nn(C)c21. The number of rotatable bonds is 3. The van der Waals surface area contributed by atoms with Crippen molar-refractivity contribution in [3.63, 3.8) is 0 Å². The molecule has 0 saturated carbocycles. The number of imidazole rings is 1. The fourth-order valence-corrected chi connectivity index (χ4v) is 2.81. The maximum absolute atomic E-state index is 6.31. The largest absolute Gasteiger partial charge is 0.306 e. The topological polar surface area (TPSA) is 48.5 Å². The van der Waals surface area contributed by atoms with E-state index in [1.165, 1.54) is 0 Å². The van der Waals surface area contributed by atoms with E-state index >= 15 is 0 Å². The molecule has 3 aromatic rings. The Hall–Kier alpha value is -1.88. The summed E-state index contributed by atoms with van der Waals surface area (Å²) < 4.78 is 3.97. The number of halogens is 1. The second kappa shape index (κ2) is 5.15. The Morgan fingerprint density at radius 3 is 2.76 bits per heavy atom. The van der Waals surface area contributed by atoms with Crippen LogP contribution in [0, 0.1) is 13.8 Å². The molecule has 0 radical (unpaired) electrons. The maximum atomic E-state index is 6.31. The van der Waals surface area contributed by atoms with Crippen LogP contribution in [0.25, 0.3) is 11.2 Å². The van der Waals surface area contributed by atoms with Gasteiger partial charge in [0.2, 0.25) is 0 Å². The van der Waals surface area contributed by atoms with Gasteiger partial charge >= 0.3 is 0 Å². The number of hydrogen-bond acceptors (Lipinski definition) is 3. The zero-order valence-corrected chi connectivity index (χ0v) is 13.4. The minimum atomic E-state index is -0.166. The molecule has 0 aromatic carbocycles. The van der Waals surface area contributed by atoms with Crippen molar-refractivity contribution in [2.45, 2.75) is 32.7 Å². The molecule has 21 heavy (non-hydrogen) atoms. The minimum Gasteiger partial charge on any atom is -0.306 e. The molecule has 0 spiro atoms. The average molecular weight is 304 g/mol. The summed E-state index contributed by atoms with van der Waals surface area (Å²) in [4.78, 5) is 9.15. The molecule has 3 rings (SSSR count). The Morgan fingerprint density at radius 1 is 1.33 bits per heavy atom. The minimum absolute atomic E-state index is 0.166. The first-order chi connectivity index (χ1) is 9.99. The normalized spacial score (nSPS) is 13.0. The van der Waals surface area contributed by atoms with Gasteiger partial charge in [-0.1, -0.05) is 6.07 Å². The number of nitrogens with zero attached hydrogens (tertiary/aromatic N) is 5. The Morgan fingerprint density at radius 2 is 2.10 bits per heavy atom. The monoisotopic (exact) mass is 303 g/mol. The second-order valence-corrected chi connectivity index (χ2v) is 5.98. The van der Waals surface area contributed by atoms with Gasteiger partial charge in [-0.25, -0.2) is 4.98 Å². The van der Waals surface area contributed by atoms with Crippen LogP contribution in [0.5, 0.6) is 0 Å². The molecule has 0 saturated heterocycles. The summed E-state index contributed by atoms with van der Waals surface area (Å²) in [5.74, 6) is 0.854. The molecule has 0 N–H and O–H groups in total. The number of hydrogen-bond donors (Lipinski definition) is 0. The summed E-state index contributed by atoms with van der Waals surface area (Å²) in [6.07, 6.45) is 1.81. The Bertz CT molecular complexity index is 800. The smallest absolute Gasteiger partial charge is 0.159 e. The van der Waals surface area contributed by atoms with Crippen molar-refractivity contribution >= 4 is 22.8 Å². The first-order valence-corrected chi connectivity index (χ1v) is 7.37. The van der Waals surface area contributed by atoms with E-state index in [2.05, 4.69) is 32.6 Å². The van der Waals surface area contributed by atoms with Gasteiger partial charge in [-0.3, -0.25) is 9.67 Å². The van der Waals surface area contributed by atoms with E-state index < -0.39 is 0 Å². The van der Waals surface area contributed by atoms with Gasteiger partial charge in [0.05, 0.1) is 23.3 Å². The Balaban J connectivity index is 2.20. The summed E-state index contributed by atoms with van der Waals surface area (Å²) in [5.41, 5.74) is 5.00. The first-order valence-electron chi connectivity index (χ1n) is 6.93. The zero-order chi connectivity index (χ0) is 15.1.